The summed E-state index contributed by atoms with van der Waals surface area (Å²) in [7, 11) is 0. The molecule has 21 heavy (non-hydrogen) atoms. The molecular weight excluding hydrogens is 262 g/mol. The van der Waals surface area contributed by atoms with Crippen LogP contribution in [0.4, 0.5) is 0 Å². The van der Waals surface area contributed by atoms with Gasteiger partial charge in [0.15, 0.2) is 0 Å². The summed E-state index contributed by atoms with van der Waals surface area (Å²) >= 11 is 0. The minimum atomic E-state index is 0.0870. The molecule has 0 aliphatic carbocycles. The monoisotopic (exact) mass is 285 g/mol. The first kappa shape index (κ1) is 15.4. The van der Waals surface area contributed by atoms with E-state index in [0.717, 1.165) is 23.5 Å². The molecule has 3 nitrogen and oxygen atoms in total. The maximum atomic E-state index is 12.1. The second-order valence-corrected chi connectivity index (χ2v) is 5.44. The number of aryl methyl sites for hydroxylation is 2. The summed E-state index contributed by atoms with van der Waals surface area (Å²) in [4.78, 5) is 12.1. The van der Waals surface area contributed by atoms with Gasteiger partial charge in [0.05, 0.1) is 0 Å². The highest BCUT2D eigenvalue weighted by atomic mass is 16.3. The molecule has 112 valence electrons. The molecule has 3 heteroatoms. The maximum absolute atomic E-state index is 12.1. The van der Waals surface area contributed by atoms with Crippen molar-refractivity contribution in [2.24, 2.45) is 0 Å². The molecule has 2 aromatic rings. The van der Waals surface area contributed by atoms with E-state index in [2.05, 4.69) is 24.4 Å². The Morgan fingerprint density at radius 3 is 2.52 bits per heavy atom. The van der Waals surface area contributed by atoms with E-state index in [1.54, 1.807) is 0 Å². The maximum Gasteiger partial charge on any atom is 0.220 e. The third-order valence-electron chi connectivity index (χ3n) is 3.82. The van der Waals surface area contributed by atoms with Crippen LogP contribution in [0.5, 0.6) is 0 Å². The van der Waals surface area contributed by atoms with Gasteiger partial charge in [-0.3, -0.25) is 4.79 Å². The first-order chi connectivity index (χ1) is 10.1. The van der Waals surface area contributed by atoms with Gasteiger partial charge in [0.2, 0.25) is 5.91 Å². The lowest BCUT2D eigenvalue weighted by Gasteiger charge is -2.15. The smallest absolute Gasteiger partial charge is 0.220 e. The van der Waals surface area contributed by atoms with Crippen molar-refractivity contribution in [2.45, 2.75) is 46.1 Å². The number of hydrogen-bond acceptors (Lipinski definition) is 2. The highest BCUT2D eigenvalue weighted by molar-refractivity contribution is 5.76. The third kappa shape index (κ3) is 4.22. The van der Waals surface area contributed by atoms with Crippen LogP contribution in [-0.4, -0.2) is 5.91 Å². The summed E-state index contributed by atoms with van der Waals surface area (Å²) in [5.41, 5.74) is 2.28. The van der Waals surface area contributed by atoms with Crippen LogP contribution in [0.2, 0.25) is 0 Å². The zero-order valence-corrected chi connectivity index (χ0v) is 13.0. The number of nitrogens with one attached hydrogen (secondary N) is 1. The standard InChI is InChI=1S/C18H23NO2/c1-4-15(16-8-6-5-7-9-16)11-18(20)19-12-17-10-13(2)21-14(17)3/h5-10,15H,4,11-12H2,1-3H3,(H,19,20). The molecule has 1 amide bonds. The van der Waals surface area contributed by atoms with Gasteiger partial charge in [0, 0.05) is 18.5 Å². The SMILES string of the molecule is CCC(CC(=O)NCc1cc(C)oc1C)c1ccccc1. The van der Waals surface area contributed by atoms with Crippen LogP contribution in [0.15, 0.2) is 40.8 Å². The fourth-order valence-corrected chi connectivity index (χ4v) is 2.57. The Labute approximate surface area is 126 Å². The molecule has 0 saturated carbocycles. The fraction of sp³-hybridized carbons (Fsp3) is 0.389. The molecule has 1 atom stereocenters. The molecule has 0 radical (unpaired) electrons. The summed E-state index contributed by atoms with van der Waals surface area (Å²) in [5.74, 6) is 2.12. The number of rotatable bonds is 6. The molecule has 1 aromatic heterocycles. The van der Waals surface area contributed by atoms with Gasteiger partial charge in [0.1, 0.15) is 11.5 Å². The van der Waals surface area contributed by atoms with Crippen LogP contribution >= 0.6 is 0 Å². The van der Waals surface area contributed by atoms with E-state index in [1.807, 2.05) is 38.1 Å². The van der Waals surface area contributed by atoms with Crippen LogP contribution in [0, 0.1) is 13.8 Å². The second-order valence-electron chi connectivity index (χ2n) is 5.44. The summed E-state index contributed by atoms with van der Waals surface area (Å²) in [6, 6.07) is 12.2. The van der Waals surface area contributed by atoms with E-state index < -0.39 is 0 Å². The summed E-state index contributed by atoms with van der Waals surface area (Å²) in [5, 5.41) is 2.99. The number of furan rings is 1. The quantitative estimate of drug-likeness (QED) is 0.868. The molecule has 0 bridgehead atoms. The van der Waals surface area contributed by atoms with Crippen molar-refractivity contribution in [1.29, 1.82) is 0 Å². The van der Waals surface area contributed by atoms with Crippen LogP contribution in [0.1, 0.15) is 48.3 Å². The predicted molar refractivity (Wildman–Crippen MR) is 84.1 cm³/mol. The van der Waals surface area contributed by atoms with Gasteiger partial charge < -0.3 is 9.73 Å². The highest BCUT2D eigenvalue weighted by Crippen LogP contribution is 2.23. The average molecular weight is 285 g/mol. The normalized spacial score (nSPS) is 12.1. The molecule has 0 fully saturated rings. The van der Waals surface area contributed by atoms with Crippen molar-refractivity contribution < 1.29 is 9.21 Å². The molecule has 1 heterocycles. The summed E-state index contributed by atoms with van der Waals surface area (Å²) in [6.45, 7) is 6.50. The molecule has 0 aliphatic heterocycles. The van der Waals surface area contributed by atoms with Gasteiger partial charge in [-0.1, -0.05) is 37.3 Å². The molecule has 1 unspecified atom stereocenters. The largest absolute Gasteiger partial charge is 0.466 e. The minimum absolute atomic E-state index is 0.0870. The van der Waals surface area contributed by atoms with Crippen LogP contribution in [-0.2, 0) is 11.3 Å². The second kappa shape index (κ2) is 7.11. The number of amides is 1. The number of hydrogen-bond donors (Lipinski definition) is 1. The summed E-state index contributed by atoms with van der Waals surface area (Å²) in [6.07, 6.45) is 1.48. The molecule has 0 saturated heterocycles. The molecule has 0 spiro atoms. The predicted octanol–water partition coefficient (Wildman–Crippen LogP) is 4.10. The minimum Gasteiger partial charge on any atom is -0.466 e. The number of carbonyl (C=O) groups excluding carboxylic acids is 1. The van der Waals surface area contributed by atoms with Gasteiger partial charge >= 0.3 is 0 Å². The molecule has 2 rings (SSSR count). The van der Waals surface area contributed by atoms with Gasteiger partial charge in [-0.2, -0.15) is 0 Å². The topological polar surface area (TPSA) is 42.2 Å². The van der Waals surface area contributed by atoms with Crippen molar-refractivity contribution in [3.63, 3.8) is 0 Å². The molecule has 1 aromatic carbocycles. The first-order valence-corrected chi connectivity index (χ1v) is 7.47. The van der Waals surface area contributed by atoms with Gasteiger partial charge in [-0.25, -0.2) is 0 Å². The van der Waals surface area contributed by atoms with Crippen molar-refractivity contribution in [3.05, 3.63) is 59.0 Å². The van der Waals surface area contributed by atoms with E-state index in [-0.39, 0.29) is 11.8 Å². The highest BCUT2D eigenvalue weighted by Gasteiger charge is 2.14. The van der Waals surface area contributed by atoms with E-state index in [9.17, 15) is 4.79 Å². The Bertz CT molecular complexity index is 587. The Morgan fingerprint density at radius 2 is 1.95 bits per heavy atom. The number of carbonyl (C=O) groups is 1. The lowest BCUT2D eigenvalue weighted by molar-refractivity contribution is -0.121. The Morgan fingerprint density at radius 1 is 1.24 bits per heavy atom. The first-order valence-electron chi connectivity index (χ1n) is 7.47. The van der Waals surface area contributed by atoms with Gasteiger partial charge in [0.25, 0.3) is 0 Å². The van der Waals surface area contributed by atoms with Crippen molar-refractivity contribution in [1.82, 2.24) is 5.32 Å². The lowest BCUT2D eigenvalue weighted by Crippen LogP contribution is -2.24. The van der Waals surface area contributed by atoms with Crippen LogP contribution < -0.4 is 5.32 Å². The zero-order valence-electron chi connectivity index (χ0n) is 13.0. The Hall–Kier alpha value is -2.03. The third-order valence-corrected chi connectivity index (χ3v) is 3.82. The lowest BCUT2D eigenvalue weighted by atomic mass is 9.93. The number of benzene rings is 1. The van der Waals surface area contributed by atoms with Gasteiger partial charge in [-0.15, -0.1) is 0 Å². The molecule has 0 aliphatic rings. The van der Waals surface area contributed by atoms with E-state index in [4.69, 9.17) is 4.42 Å². The van der Waals surface area contributed by atoms with Crippen LogP contribution in [0.3, 0.4) is 0 Å². The average Bonchev–Trinajstić information content (AvgIpc) is 2.81. The molecular formula is C18H23NO2. The summed E-state index contributed by atoms with van der Waals surface area (Å²) < 4.78 is 5.47. The molecule has 1 N–H and O–H groups in total. The van der Waals surface area contributed by atoms with Crippen molar-refractivity contribution >= 4 is 5.91 Å². The van der Waals surface area contributed by atoms with E-state index >= 15 is 0 Å². The Kier molecular flexibility index (Phi) is 5.20. The van der Waals surface area contributed by atoms with Gasteiger partial charge in [-0.05, 0) is 37.8 Å². The van der Waals surface area contributed by atoms with E-state index in [1.165, 1.54) is 5.56 Å². The Balaban J connectivity index is 1.90. The van der Waals surface area contributed by atoms with E-state index in [0.29, 0.717) is 13.0 Å². The van der Waals surface area contributed by atoms with Crippen LogP contribution in [0.25, 0.3) is 0 Å². The zero-order chi connectivity index (χ0) is 15.2. The fourth-order valence-electron chi connectivity index (χ4n) is 2.57. The van der Waals surface area contributed by atoms with Crippen molar-refractivity contribution in [2.75, 3.05) is 0 Å². The van der Waals surface area contributed by atoms with Crippen molar-refractivity contribution in [3.8, 4) is 0 Å².